The number of carbonyl (C=O) groups excluding carboxylic acids is 1. The lowest BCUT2D eigenvalue weighted by Gasteiger charge is -2.29. The summed E-state index contributed by atoms with van der Waals surface area (Å²) in [6, 6.07) is 14.4. The molecule has 0 aromatic heterocycles. The van der Waals surface area contributed by atoms with Crippen LogP contribution < -0.4 is 4.18 Å². The molecule has 2 rings (SSSR count). The zero-order valence-electron chi connectivity index (χ0n) is 15.6. The van der Waals surface area contributed by atoms with Gasteiger partial charge in [0.2, 0.25) is 0 Å². The summed E-state index contributed by atoms with van der Waals surface area (Å²) in [4.78, 5) is 14.9. The van der Waals surface area contributed by atoms with Crippen LogP contribution >= 0.6 is 0 Å². The Labute approximate surface area is 155 Å². The molecule has 6 heteroatoms. The van der Waals surface area contributed by atoms with Gasteiger partial charge in [0.05, 0.1) is 6.26 Å². The van der Waals surface area contributed by atoms with E-state index in [0.717, 1.165) is 23.8 Å². The highest BCUT2D eigenvalue weighted by Gasteiger charge is 2.22. The molecule has 0 radical (unpaired) electrons. The molecule has 0 fully saturated rings. The van der Waals surface area contributed by atoms with Crippen LogP contribution in [-0.2, 0) is 16.7 Å². The van der Waals surface area contributed by atoms with Crippen molar-refractivity contribution in [1.82, 2.24) is 4.90 Å². The first-order chi connectivity index (χ1) is 12.2. The molecule has 140 valence electrons. The van der Waals surface area contributed by atoms with Crippen LogP contribution in [0.4, 0.5) is 0 Å². The quantitative estimate of drug-likeness (QED) is 0.691. The number of amides is 1. The van der Waals surface area contributed by atoms with Gasteiger partial charge in [0, 0.05) is 18.2 Å². The van der Waals surface area contributed by atoms with Crippen molar-refractivity contribution in [2.24, 2.45) is 0 Å². The standard InChI is InChI=1S/C20H25NO4S/c1-5-16(3)21(20(22)19-9-7-6-8-15(19)2)14-17-10-12-18(13-11-17)25-26(4,23)24/h6-13,16H,5,14H2,1-4H3/t16-/m1/s1. The smallest absolute Gasteiger partial charge is 0.306 e. The molecule has 0 aliphatic rings. The molecule has 1 atom stereocenters. The number of nitrogens with zero attached hydrogens (tertiary/aromatic N) is 1. The lowest BCUT2D eigenvalue weighted by molar-refractivity contribution is 0.0671. The average Bonchev–Trinajstić information content (AvgIpc) is 2.59. The summed E-state index contributed by atoms with van der Waals surface area (Å²) in [6.07, 6.45) is 1.85. The van der Waals surface area contributed by atoms with Crippen LogP contribution in [0.2, 0.25) is 0 Å². The Bertz CT molecular complexity index is 860. The van der Waals surface area contributed by atoms with Crippen molar-refractivity contribution in [1.29, 1.82) is 0 Å². The molecule has 0 saturated heterocycles. The van der Waals surface area contributed by atoms with E-state index in [1.54, 1.807) is 24.3 Å². The van der Waals surface area contributed by atoms with Gasteiger partial charge in [-0.15, -0.1) is 0 Å². The Morgan fingerprint density at radius 1 is 1.12 bits per heavy atom. The number of rotatable bonds is 7. The van der Waals surface area contributed by atoms with Crippen molar-refractivity contribution in [3.8, 4) is 5.75 Å². The third kappa shape index (κ3) is 5.33. The lowest BCUT2D eigenvalue weighted by atomic mass is 10.1. The van der Waals surface area contributed by atoms with Crippen molar-refractivity contribution in [2.45, 2.75) is 39.8 Å². The Hall–Kier alpha value is -2.34. The number of hydrogen-bond acceptors (Lipinski definition) is 4. The molecular weight excluding hydrogens is 350 g/mol. The van der Waals surface area contributed by atoms with Gasteiger partial charge in [-0.3, -0.25) is 4.79 Å². The topological polar surface area (TPSA) is 63.7 Å². The van der Waals surface area contributed by atoms with E-state index < -0.39 is 10.1 Å². The minimum atomic E-state index is -3.55. The van der Waals surface area contributed by atoms with Crippen molar-refractivity contribution < 1.29 is 17.4 Å². The molecule has 0 bridgehead atoms. The van der Waals surface area contributed by atoms with E-state index in [2.05, 4.69) is 0 Å². The van der Waals surface area contributed by atoms with Crippen LogP contribution in [0.1, 0.15) is 41.8 Å². The SMILES string of the molecule is CC[C@@H](C)N(Cc1ccc(OS(C)(=O)=O)cc1)C(=O)c1ccccc1C. The number of aryl methyl sites for hydroxylation is 1. The first-order valence-electron chi connectivity index (χ1n) is 8.56. The monoisotopic (exact) mass is 375 g/mol. The van der Waals surface area contributed by atoms with Gasteiger partial charge in [0.15, 0.2) is 0 Å². The van der Waals surface area contributed by atoms with Crippen LogP contribution in [-0.4, -0.2) is 31.5 Å². The van der Waals surface area contributed by atoms with Crippen molar-refractivity contribution in [2.75, 3.05) is 6.26 Å². The van der Waals surface area contributed by atoms with E-state index in [1.165, 1.54) is 0 Å². The first-order valence-corrected chi connectivity index (χ1v) is 10.4. The third-order valence-electron chi connectivity index (χ3n) is 4.28. The zero-order chi connectivity index (χ0) is 19.3. The molecular formula is C20H25NO4S. The Morgan fingerprint density at radius 2 is 1.73 bits per heavy atom. The molecule has 0 heterocycles. The Morgan fingerprint density at radius 3 is 2.27 bits per heavy atom. The van der Waals surface area contributed by atoms with E-state index in [0.29, 0.717) is 12.1 Å². The first kappa shape index (κ1) is 20.0. The summed E-state index contributed by atoms with van der Waals surface area (Å²) in [5.41, 5.74) is 2.56. The van der Waals surface area contributed by atoms with Crippen LogP contribution in [0, 0.1) is 6.92 Å². The summed E-state index contributed by atoms with van der Waals surface area (Å²) < 4.78 is 27.2. The number of carbonyl (C=O) groups is 1. The van der Waals surface area contributed by atoms with Crippen LogP contribution in [0.15, 0.2) is 48.5 Å². The van der Waals surface area contributed by atoms with Crippen molar-refractivity contribution in [3.05, 3.63) is 65.2 Å². The summed E-state index contributed by atoms with van der Waals surface area (Å²) in [7, 11) is -3.55. The fourth-order valence-corrected chi connectivity index (χ4v) is 3.10. The number of hydrogen-bond donors (Lipinski definition) is 0. The molecule has 0 spiro atoms. The van der Waals surface area contributed by atoms with E-state index in [1.807, 2.05) is 49.9 Å². The van der Waals surface area contributed by atoms with Crippen LogP contribution in [0.5, 0.6) is 5.75 Å². The molecule has 5 nitrogen and oxygen atoms in total. The summed E-state index contributed by atoms with van der Waals surface area (Å²) in [6.45, 7) is 6.45. The van der Waals surface area contributed by atoms with Gasteiger partial charge in [0.25, 0.3) is 5.91 Å². The zero-order valence-corrected chi connectivity index (χ0v) is 16.4. The van der Waals surface area contributed by atoms with Crippen molar-refractivity contribution in [3.63, 3.8) is 0 Å². The highest BCUT2D eigenvalue weighted by molar-refractivity contribution is 7.86. The van der Waals surface area contributed by atoms with Gasteiger partial charge < -0.3 is 9.08 Å². The highest BCUT2D eigenvalue weighted by Crippen LogP contribution is 2.20. The van der Waals surface area contributed by atoms with Crippen LogP contribution in [0.3, 0.4) is 0 Å². The minimum Gasteiger partial charge on any atom is -0.383 e. The van der Waals surface area contributed by atoms with Gasteiger partial charge in [-0.05, 0) is 49.6 Å². The molecule has 2 aromatic carbocycles. The summed E-state index contributed by atoms with van der Waals surface area (Å²) >= 11 is 0. The van der Waals surface area contributed by atoms with E-state index in [9.17, 15) is 13.2 Å². The maximum atomic E-state index is 13.0. The van der Waals surface area contributed by atoms with E-state index in [-0.39, 0.29) is 17.7 Å². The van der Waals surface area contributed by atoms with Gasteiger partial charge in [-0.2, -0.15) is 8.42 Å². The largest absolute Gasteiger partial charge is 0.383 e. The maximum absolute atomic E-state index is 13.0. The third-order valence-corrected chi connectivity index (χ3v) is 4.78. The lowest BCUT2D eigenvalue weighted by Crippen LogP contribution is -2.38. The number of benzene rings is 2. The van der Waals surface area contributed by atoms with Gasteiger partial charge in [0.1, 0.15) is 5.75 Å². The molecule has 0 N–H and O–H groups in total. The Kier molecular flexibility index (Phi) is 6.42. The highest BCUT2D eigenvalue weighted by atomic mass is 32.2. The Balaban J connectivity index is 2.23. The normalized spacial score (nSPS) is 12.5. The summed E-state index contributed by atoms with van der Waals surface area (Å²) in [5, 5.41) is 0. The molecule has 26 heavy (non-hydrogen) atoms. The second-order valence-corrected chi connectivity index (χ2v) is 8.01. The van der Waals surface area contributed by atoms with Gasteiger partial charge in [-0.25, -0.2) is 0 Å². The second kappa shape index (κ2) is 8.36. The van der Waals surface area contributed by atoms with Gasteiger partial charge in [-0.1, -0.05) is 37.3 Å². The molecule has 0 aliphatic carbocycles. The van der Waals surface area contributed by atoms with E-state index >= 15 is 0 Å². The fourth-order valence-electron chi connectivity index (χ4n) is 2.64. The average molecular weight is 375 g/mol. The maximum Gasteiger partial charge on any atom is 0.306 e. The van der Waals surface area contributed by atoms with Gasteiger partial charge >= 0.3 is 10.1 Å². The molecule has 2 aromatic rings. The molecule has 0 unspecified atom stereocenters. The molecule has 0 saturated carbocycles. The predicted octanol–water partition coefficient (Wildman–Crippen LogP) is 3.77. The second-order valence-electron chi connectivity index (χ2n) is 6.44. The molecule has 1 amide bonds. The predicted molar refractivity (Wildman–Crippen MR) is 103 cm³/mol. The van der Waals surface area contributed by atoms with Crippen LogP contribution in [0.25, 0.3) is 0 Å². The van der Waals surface area contributed by atoms with Crippen molar-refractivity contribution >= 4 is 16.0 Å². The summed E-state index contributed by atoms with van der Waals surface area (Å²) in [5.74, 6) is 0.255. The molecule has 0 aliphatic heterocycles. The fraction of sp³-hybridized carbons (Fsp3) is 0.350. The minimum absolute atomic E-state index is 0.00564. The van der Waals surface area contributed by atoms with E-state index in [4.69, 9.17) is 4.18 Å².